The van der Waals surface area contributed by atoms with E-state index in [-0.39, 0.29) is 5.41 Å². The largest absolute Gasteiger partial charge is 0.311 e. The summed E-state index contributed by atoms with van der Waals surface area (Å²) < 4.78 is 0. The van der Waals surface area contributed by atoms with Gasteiger partial charge >= 0.3 is 0 Å². The molecule has 1 heteroatoms. The Balaban J connectivity index is 0.931. The topological polar surface area (TPSA) is 3.24 Å². The Morgan fingerprint density at radius 3 is 1.08 bits per heavy atom. The molecule has 0 saturated heterocycles. The van der Waals surface area contributed by atoms with Crippen LogP contribution in [0.2, 0.25) is 0 Å². The Bertz CT molecular complexity index is 3130. The summed E-state index contributed by atoms with van der Waals surface area (Å²) in [7, 11) is 0. The molecule has 1 spiro atoms. The van der Waals surface area contributed by atoms with Gasteiger partial charge in [0.15, 0.2) is 0 Å². The van der Waals surface area contributed by atoms with Gasteiger partial charge in [-0.2, -0.15) is 0 Å². The van der Waals surface area contributed by atoms with Gasteiger partial charge in [-0.25, -0.2) is 0 Å². The van der Waals surface area contributed by atoms with Gasteiger partial charge in [-0.3, -0.25) is 0 Å². The monoisotopic (exact) mass is 787 g/mol. The van der Waals surface area contributed by atoms with E-state index >= 15 is 0 Å². The van der Waals surface area contributed by atoms with Gasteiger partial charge < -0.3 is 4.90 Å². The summed E-state index contributed by atoms with van der Waals surface area (Å²) in [6.45, 7) is 0. The summed E-state index contributed by atoms with van der Waals surface area (Å²) >= 11 is 0. The minimum atomic E-state index is -0.363. The number of hydrogen-bond acceptors (Lipinski definition) is 1. The molecule has 0 aliphatic heterocycles. The van der Waals surface area contributed by atoms with Crippen LogP contribution in [0.3, 0.4) is 0 Å². The zero-order valence-electron chi connectivity index (χ0n) is 34.1. The van der Waals surface area contributed by atoms with E-state index in [9.17, 15) is 0 Å². The first-order valence-electron chi connectivity index (χ1n) is 21.5. The lowest BCUT2D eigenvalue weighted by Crippen LogP contribution is -2.25. The normalized spacial score (nSPS) is 12.6. The van der Waals surface area contributed by atoms with E-state index in [2.05, 4.69) is 254 Å². The molecule has 2 aliphatic rings. The lowest BCUT2D eigenvalue weighted by Gasteiger charge is -2.30. The molecule has 0 amide bonds. The molecular weight excluding hydrogens is 747 g/mol. The van der Waals surface area contributed by atoms with Crippen molar-refractivity contribution in [3.63, 3.8) is 0 Å². The van der Waals surface area contributed by atoms with E-state index in [0.29, 0.717) is 0 Å². The number of rotatable bonds is 7. The highest BCUT2D eigenvalue weighted by atomic mass is 15.1. The van der Waals surface area contributed by atoms with Crippen molar-refractivity contribution >= 4 is 17.1 Å². The van der Waals surface area contributed by atoms with Crippen molar-refractivity contribution < 1.29 is 0 Å². The molecule has 62 heavy (non-hydrogen) atoms. The Morgan fingerprint density at radius 1 is 0.226 bits per heavy atom. The summed E-state index contributed by atoms with van der Waals surface area (Å²) in [5, 5.41) is 0. The average Bonchev–Trinajstić information content (AvgIpc) is 3.83. The van der Waals surface area contributed by atoms with Crippen molar-refractivity contribution in [3.8, 4) is 66.8 Å². The molecule has 0 saturated carbocycles. The van der Waals surface area contributed by atoms with Crippen LogP contribution < -0.4 is 4.90 Å². The summed E-state index contributed by atoms with van der Waals surface area (Å²) in [6.07, 6.45) is 0. The molecule has 10 aromatic carbocycles. The molecule has 0 radical (unpaired) electrons. The quantitative estimate of drug-likeness (QED) is 0.155. The molecular formula is C61H41N. The molecule has 0 aromatic heterocycles. The van der Waals surface area contributed by atoms with Crippen LogP contribution in [-0.2, 0) is 5.41 Å². The van der Waals surface area contributed by atoms with Gasteiger partial charge in [0.05, 0.1) is 5.41 Å². The fraction of sp³-hybridized carbons (Fsp3) is 0.0164. The fourth-order valence-electron chi connectivity index (χ4n) is 10.4. The van der Waals surface area contributed by atoms with Gasteiger partial charge in [-0.15, -0.1) is 0 Å². The van der Waals surface area contributed by atoms with Crippen LogP contribution in [0.1, 0.15) is 22.3 Å². The zero-order chi connectivity index (χ0) is 41.0. The maximum absolute atomic E-state index is 2.37. The number of anilines is 3. The first-order valence-corrected chi connectivity index (χ1v) is 21.5. The number of fused-ring (bicyclic) bond motifs is 10. The van der Waals surface area contributed by atoms with Gasteiger partial charge in [0, 0.05) is 17.1 Å². The highest BCUT2D eigenvalue weighted by Crippen LogP contribution is 2.64. The summed E-state index contributed by atoms with van der Waals surface area (Å²) in [6, 6.07) is 91.2. The third kappa shape index (κ3) is 5.63. The van der Waals surface area contributed by atoms with Crippen LogP contribution in [0.15, 0.2) is 249 Å². The molecule has 0 bridgehead atoms. The van der Waals surface area contributed by atoms with Gasteiger partial charge in [-0.1, -0.05) is 206 Å². The highest BCUT2D eigenvalue weighted by Gasteiger charge is 2.51. The maximum Gasteiger partial charge on any atom is 0.0725 e. The van der Waals surface area contributed by atoms with E-state index in [1.54, 1.807) is 0 Å². The molecule has 12 rings (SSSR count). The number of nitrogens with zero attached hydrogens (tertiary/aromatic N) is 1. The smallest absolute Gasteiger partial charge is 0.0725 e. The summed E-state index contributed by atoms with van der Waals surface area (Å²) in [5.74, 6) is 0. The standard InChI is InChI=1S/C61H41N/c1-3-15-42(16-4-1)44-29-35-49(36-30-44)62(50-37-31-45(32-38-50)43-17-5-2-6-18-43)51-39-33-46(34-40-51)47-19-13-20-48(41-47)52-24-14-28-59-60(52)55-23-9-12-27-58(55)61(59)56-25-10-7-21-53(56)54-22-8-11-26-57(54)61/h1-41H. The van der Waals surface area contributed by atoms with Crippen LogP contribution in [0, 0.1) is 0 Å². The Labute approximate surface area is 363 Å². The van der Waals surface area contributed by atoms with Gasteiger partial charge in [0.1, 0.15) is 0 Å². The van der Waals surface area contributed by atoms with E-state index in [0.717, 1.165) is 17.1 Å². The Kier molecular flexibility index (Phi) is 8.47. The maximum atomic E-state index is 2.37. The summed E-state index contributed by atoms with van der Waals surface area (Å²) in [5.41, 5.74) is 23.4. The second-order valence-corrected chi connectivity index (χ2v) is 16.4. The third-order valence-corrected chi connectivity index (χ3v) is 13.1. The lowest BCUT2D eigenvalue weighted by molar-refractivity contribution is 0.794. The van der Waals surface area contributed by atoms with Gasteiger partial charge in [-0.05, 0) is 131 Å². The Hall–Kier alpha value is -8.00. The highest BCUT2D eigenvalue weighted by molar-refractivity contribution is 6.00. The minimum Gasteiger partial charge on any atom is -0.311 e. The predicted molar refractivity (Wildman–Crippen MR) is 259 cm³/mol. The lowest BCUT2D eigenvalue weighted by atomic mass is 9.70. The first kappa shape index (κ1) is 35.9. The number of hydrogen-bond donors (Lipinski definition) is 0. The van der Waals surface area contributed by atoms with Gasteiger partial charge in [0.2, 0.25) is 0 Å². The fourth-order valence-corrected chi connectivity index (χ4v) is 10.4. The van der Waals surface area contributed by atoms with Crippen LogP contribution in [0.5, 0.6) is 0 Å². The van der Waals surface area contributed by atoms with Crippen LogP contribution in [-0.4, -0.2) is 0 Å². The second kappa shape index (κ2) is 14.6. The van der Waals surface area contributed by atoms with Crippen molar-refractivity contribution in [2.45, 2.75) is 5.41 Å². The van der Waals surface area contributed by atoms with Crippen molar-refractivity contribution in [2.24, 2.45) is 0 Å². The van der Waals surface area contributed by atoms with Crippen molar-refractivity contribution in [1.29, 1.82) is 0 Å². The second-order valence-electron chi connectivity index (χ2n) is 16.4. The molecule has 1 nitrogen and oxygen atoms in total. The van der Waals surface area contributed by atoms with E-state index < -0.39 is 0 Å². The zero-order valence-corrected chi connectivity index (χ0v) is 34.1. The van der Waals surface area contributed by atoms with E-state index in [1.165, 1.54) is 89.0 Å². The van der Waals surface area contributed by atoms with E-state index in [1.807, 2.05) is 0 Å². The van der Waals surface area contributed by atoms with Crippen LogP contribution in [0.25, 0.3) is 66.8 Å². The van der Waals surface area contributed by atoms with E-state index in [4.69, 9.17) is 0 Å². The predicted octanol–water partition coefficient (Wildman–Crippen LogP) is 16.2. The molecule has 290 valence electrons. The molecule has 0 unspecified atom stereocenters. The SMILES string of the molecule is c1ccc(-c2ccc(N(c3ccc(-c4ccccc4)cc3)c3ccc(-c4cccc(-c5cccc6c5-c5ccccc5C65c6ccccc6-c6ccccc65)c4)cc3)cc2)cc1. The van der Waals surface area contributed by atoms with Gasteiger partial charge in [0.25, 0.3) is 0 Å². The third-order valence-electron chi connectivity index (χ3n) is 13.1. The molecule has 2 aliphatic carbocycles. The summed E-state index contributed by atoms with van der Waals surface area (Å²) in [4.78, 5) is 2.35. The molecule has 10 aromatic rings. The average molecular weight is 788 g/mol. The van der Waals surface area contributed by atoms with Crippen molar-refractivity contribution in [3.05, 3.63) is 271 Å². The van der Waals surface area contributed by atoms with Crippen molar-refractivity contribution in [2.75, 3.05) is 4.90 Å². The minimum absolute atomic E-state index is 0.363. The number of benzene rings is 10. The molecule has 0 fully saturated rings. The first-order chi connectivity index (χ1) is 30.8. The molecule has 0 N–H and O–H groups in total. The molecule has 0 heterocycles. The van der Waals surface area contributed by atoms with Crippen molar-refractivity contribution in [1.82, 2.24) is 0 Å². The van der Waals surface area contributed by atoms with Crippen LogP contribution in [0.4, 0.5) is 17.1 Å². The Morgan fingerprint density at radius 2 is 0.565 bits per heavy atom. The molecule has 0 atom stereocenters. The van der Waals surface area contributed by atoms with Crippen LogP contribution >= 0.6 is 0 Å².